The first kappa shape index (κ1) is 15.8. The maximum absolute atomic E-state index is 9.29. The Hall–Kier alpha value is -2.10. The Bertz CT molecular complexity index is 690. The van der Waals surface area contributed by atoms with Crippen molar-refractivity contribution < 1.29 is 0 Å². The molecule has 23 heavy (non-hydrogen) atoms. The number of hydrogen-bond acceptors (Lipinski definition) is 6. The Morgan fingerprint density at radius 1 is 1.17 bits per heavy atom. The number of nitrogens with zero attached hydrogens (tertiary/aromatic N) is 5. The number of anilines is 1. The molecule has 1 aliphatic rings. The average Bonchev–Trinajstić information content (AvgIpc) is 2.62. The molecular formula is C17H19N5S. The van der Waals surface area contributed by atoms with Crippen LogP contribution in [0.15, 0.2) is 41.7 Å². The fourth-order valence-corrected chi connectivity index (χ4v) is 3.07. The molecule has 1 aromatic heterocycles. The normalized spacial score (nSPS) is 15.4. The van der Waals surface area contributed by atoms with Crippen LogP contribution in [0.5, 0.6) is 0 Å². The lowest BCUT2D eigenvalue weighted by atomic mass is 10.2. The number of aromatic nitrogens is 2. The SMILES string of the molecule is CSc1ncc(C#N)c(N2CCN(Cc3ccccc3)CC2)n1. The molecule has 6 heteroatoms. The maximum atomic E-state index is 9.29. The van der Waals surface area contributed by atoms with Gasteiger partial charge in [0.2, 0.25) is 0 Å². The van der Waals surface area contributed by atoms with Crippen molar-refractivity contribution in [2.24, 2.45) is 0 Å². The van der Waals surface area contributed by atoms with E-state index >= 15 is 0 Å². The van der Waals surface area contributed by atoms with Crippen LogP contribution in [0.4, 0.5) is 5.82 Å². The molecule has 1 aliphatic heterocycles. The van der Waals surface area contributed by atoms with Gasteiger partial charge in [-0.1, -0.05) is 42.1 Å². The van der Waals surface area contributed by atoms with E-state index in [0.717, 1.165) is 38.5 Å². The number of benzene rings is 1. The van der Waals surface area contributed by atoms with E-state index in [9.17, 15) is 5.26 Å². The van der Waals surface area contributed by atoms with E-state index in [0.29, 0.717) is 10.7 Å². The Labute approximate surface area is 141 Å². The van der Waals surface area contributed by atoms with Crippen LogP contribution in [-0.4, -0.2) is 47.3 Å². The Morgan fingerprint density at radius 2 is 1.91 bits per heavy atom. The lowest BCUT2D eigenvalue weighted by Crippen LogP contribution is -2.46. The first-order valence-corrected chi connectivity index (χ1v) is 8.85. The molecule has 0 bridgehead atoms. The number of rotatable bonds is 4. The van der Waals surface area contributed by atoms with Crippen molar-refractivity contribution in [3.63, 3.8) is 0 Å². The molecule has 0 aliphatic carbocycles. The molecular weight excluding hydrogens is 306 g/mol. The van der Waals surface area contributed by atoms with Crippen molar-refractivity contribution in [3.8, 4) is 6.07 Å². The highest BCUT2D eigenvalue weighted by Gasteiger charge is 2.21. The third kappa shape index (κ3) is 3.81. The van der Waals surface area contributed by atoms with Gasteiger partial charge in [0.25, 0.3) is 0 Å². The summed E-state index contributed by atoms with van der Waals surface area (Å²) in [6.45, 7) is 4.68. The Balaban J connectivity index is 1.66. The average molecular weight is 325 g/mol. The molecule has 1 fully saturated rings. The van der Waals surface area contributed by atoms with Crippen molar-refractivity contribution in [1.29, 1.82) is 5.26 Å². The molecule has 0 N–H and O–H groups in total. The van der Waals surface area contributed by atoms with Crippen LogP contribution >= 0.6 is 11.8 Å². The lowest BCUT2D eigenvalue weighted by molar-refractivity contribution is 0.249. The molecule has 0 radical (unpaired) electrons. The van der Waals surface area contributed by atoms with E-state index < -0.39 is 0 Å². The summed E-state index contributed by atoms with van der Waals surface area (Å²) in [5.41, 5.74) is 1.89. The van der Waals surface area contributed by atoms with Crippen molar-refractivity contribution >= 4 is 17.6 Å². The predicted octanol–water partition coefficient (Wildman–Crippen LogP) is 2.39. The molecule has 1 aromatic carbocycles. The predicted molar refractivity (Wildman–Crippen MR) is 92.5 cm³/mol. The van der Waals surface area contributed by atoms with Gasteiger partial charge in [0, 0.05) is 32.7 Å². The minimum absolute atomic E-state index is 0.555. The van der Waals surface area contributed by atoms with Gasteiger partial charge in [0.1, 0.15) is 11.6 Å². The summed E-state index contributed by atoms with van der Waals surface area (Å²) in [4.78, 5) is 13.4. The molecule has 5 nitrogen and oxygen atoms in total. The van der Waals surface area contributed by atoms with Gasteiger partial charge in [0.15, 0.2) is 11.0 Å². The molecule has 2 aromatic rings. The van der Waals surface area contributed by atoms with Crippen LogP contribution in [0.2, 0.25) is 0 Å². The number of nitriles is 1. The minimum Gasteiger partial charge on any atom is -0.353 e. The highest BCUT2D eigenvalue weighted by molar-refractivity contribution is 7.98. The summed E-state index contributed by atoms with van der Waals surface area (Å²) in [7, 11) is 0. The third-order valence-electron chi connectivity index (χ3n) is 3.97. The van der Waals surface area contributed by atoms with Gasteiger partial charge >= 0.3 is 0 Å². The topological polar surface area (TPSA) is 56.1 Å². The second-order valence-corrected chi connectivity index (χ2v) is 6.23. The monoisotopic (exact) mass is 325 g/mol. The van der Waals surface area contributed by atoms with Crippen molar-refractivity contribution in [2.45, 2.75) is 11.7 Å². The maximum Gasteiger partial charge on any atom is 0.189 e. The van der Waals surface area contributed by atoms with E-state index in [1.165, 1.54) is 17.3 Å². The van der Waals surface area contributed by atoms with Crippen LogP contribution in [0.1, 0.15) is 11.1 Å². The zero-order chi connectivity index (χ0) is 16.1. The van der Waals surface area contributed by atoms with E-state index in [-0.39, 0.29) is 0 Å². The van der Waals surface area contributed by atoms with E-state index in [1.807, 2.05) is 12.3 Å². The number of hydrogen-bond donors (Lipinski definition) is 0. The second kappa shape index (κ2) is 7.44. The highest BCUT2D eigenvalue weighted by atomic mass is 32.2. The minimum atomic E-state index is 0.555. The summed E-state index contributed by atoms with van der Waals surface area (Å²) in [6, 6.07) is 12.7. The van der Waals surface area contributed by atoms with Crippen LogP contribution in [0, 0.1) is 11.3 Å². The van der Waals surface area contributed by atoms with Gasteiger partial charge in [-0.2, -0.15) is 5.26 Å². The molecule has 1 saturated heterocycles. The molecule has 118 valence electrons. The van der Waals surface area contributed by atoms with Crippen LogP contribution in [0.25, 0.3) is 0 Å². The van der Waals surface area contributed by atoms with Gasteiger partial charge in [-0.25, -0.2) is 9.97 Å². The first-order chi connectivity index (χ1) is 11.3. The summed E-state index contributed by atoms with van der Waals surface area (Å²) in [5, 5.41) is 10.00. The van der Waals surface area contributed by atoms with Crippen LogP contribution in [0.3, 0.4) is 0 Å². The van der Waals surface area contributed by atoms with Gasteiger partial charge < -0.3 is 4.90 Å². The van der Waals surface area contributed by atoms with Crippen molar-refractivity contribution in [1.82, 2.24) is 14.9 Å². The largest absolute Gasteiger partial charge is 0.353 e. The van der Waals surface area contributed by atoms with Gasteiger partial charge in [-0.15, -0.1) is 0 Å². The van der Waals surface area contributed by atoms with E-state index in [2.05, 4.69) is 50.1 Å². The van der Waals surface area contributed by atoms with Gasteiger partial charge in [-0.05, 0) is 11.8 Å². The van der Waals surface area contributed by atoms with E-state index in [1.54, 1.807) is 6.20 Å². The fraction of sp³-hybridized carbons (Fsp3) is 0.353. The first-order valence-electron chi connectivity index (χ1n) is 7.62. The van der Waals surface area contributed by atoms with Crippen molar-refractivity contribution in [3.05, 3.63) is 47.7 Å². The molecule has 0 saturated carbocycles. The Morgan fingerprint density at radius 3 is 2.57 bits per heavy atom. The zero-order valence-electron chi connectivity index (χ0n) is 13.1. The Kier molecular flexibility index (Phi) is 5.11. The standard InChI is InChI=1S/C17H19N5S/c1-23-17-19-12-15(11-18)16(20-17)22-9-7-21(8-10-22)13-14-5-3-2-4-6-14/h2-6,12H,7-10,13H2,1H3. The van der Waals surface area contributed by atoms with E-state index in [4.69, 9.17) is 0 Å². The molecule has 0 atom stereocenters. The zero-order valence-corrected chi connectivity index (χ0v) is 14.0. The van der Waals surface area contributed by atoms with Gasteiger partial charge in [-0.3, -0.25) is 4.90 Å². The van der Waals surface area contributed by atoms with Crippen LogP contribution in [-0.2, 0) is 6.54 Å². The van der Waals surface area contributed by atoms with Gasteiger partial charge in [0.05, 0.1) is 6.20 Å². The second-order valence-electron chi connectivity index (χ2n) is 5.45. The third-order valence-corrected chi connectivity index (χ3v) is 4.53. The van der Waals surface area contributed by atoms with Crippen LogP contribution < -0.4 is 4.90 Å². The summed E-state index contributed by atoms with van der Waals surface area (Å²) >= 11 is 1.50. The fourth-order valence-electron chi connectivity index (χ4n) is 2.73. The molecule has 0 spiro atoms. The summed E-state index contributed by atoms with van der Waals surface area (Å²) < 4.78 is 0. The molecule has 2 heterocycles. The number of piperazine rings is 1. The summed E-state index contributed by atoms with van der Waals surface area (Å²) in [5.74, 6) is 0.770. The molecule has 3 rings (SSSR count). The highest BCUT2D eigenvalue weighted by Crippen LogP contribution is 2.21. The molecule has 0 unspecified atom stereocenters. The quantitative estimate of drug-likeness (QED) is 0.635. The molecule has 0 amide bonds. The number of thioether (sulfide) groups is 1. The summed E-state index contributed by atoms with van der Waals surface area (Å²) in [6.07, 6.45) is 3.58. The van der Waals surface area contributed by atoms with Crippen molar-refractivity contribution in [2.75, 3.05) is 37.3 Å². The lowest BCUT2D eigenvalue weighted by Gasteiger charge is -2.35. The smallest absolute Gasteiger partial charge is 0.189 e.